The van der Waals surface area contributed by atoms with Crippen LogP contribution in [0.3, 0.4) is 0 Å². The molecule has 0 N–H and O–H groups in total. The molecule has 0 atom stereocenters. The van der Waals surface area contributed by atoms with Gasteiger partial charge in [0.2, 0.25) is 5.91 Å². The lowest BCUT2D eigenvalue weighted by atomic mass is 10.1. The Hall–Kier alpha value is -1.39. The van der Waals surface area contributed by atoms with Gasteiger partial charge in [-0.15, -0.1) is 22.7 Å². The van der Waals surface area contributed by atoms with Crippen LogP contribution in [0.5, 0.6) is 0 Å². The molecule has 0 saturated heterocycles. The highest BCUT2D eigenvalue weighted by molar-refractivity contribution is 7.11. The molecule has 2 nitrogen and oxygen atoms in total. The number of amides is 1. The minimum absolute atomic E-state index is 0.240. The van der Waals surface area contributed by atoms with E-state index in [1.807, 2.05) is 22.4 Å². The zero-order chi connectivity index (χ0) is 13.1. The van der Waals surface area contributed by atoms with Crippen LogP contribution in [0.2, 0.25) is 0 Å². The number of carbonyl (C=O) groups is 1. The molecule has 3 rings (SSSR count). The molecule has 2 aromatic rings. The summed E-state index contributed by atoms with van der Waals surface area (Å²) in [4.78, 5) is 16.6. The first-order valence-corrected chi connectivity index (χ1v) is 8.12. The Morgan fingerprint density at radius 1 is 1.21 bits per heavy atom. The van der Waals surface area contributed by atoms with Gasteiger partial charge in [-0.25, -0.2) is 0 Å². The van der Waals surface area contributed by atoms with Crippen LogP contribution in [0.1, 0.15) is 16.2 Å². The van der Waals surface area contributed by atoms with Crippen molar-refractivity contribution >= 4 is 34.2 Å². The SMILES string of the molecule is O=C(Cc1cccs1)N1CC=C(c2cccs2)CC1. The highest BCUT2D eigenvalue weighted by Crippen LogP contribution is 2.26. The molecule has 0 unspecified atom stereocenters. The fourth-order valence-corrected chi connectivity index (χ4v) is 3.75. The van der Waals surface area contributed by atoms with Gasteiger partial charge in [-0.2, -0.15) is 0 Å². The molecule has 0 saturated carbocycles. The summed E-state index contributed by atoms with van der Waals surface area (Å²) >= 11 is 3.43. The number of hydrogen-bond acceptors (Lipinski definition) is 3. The Morgan fingerprint density at radius 3 is 2.68 bits per heavy atom. The van der Waals surface area contributed by atoms with E-state index >= 15 is 0 Å². The maximum Gasteiger partial charge on any atom is 0.228 e. The molecule has 0 fully saturated rings. The molecule has 98 valence electrons. The standard InChI is InChI=1S/C15H15NOS2/c17-15(11-13-3-1-9-18-13)16-7-5-12(6-8-16)14-4-2-10-19-14/h1-5,9-10H,6-8,11H2. The molecule has 0 radical (unpaired) electrons. The normalized spacial score (nSPS) is 15.4. The van der Waals surface area contributed by atoms with Crippen molar-refractivity contribution < 1.29 is 4.79 Å². The van der Waals surface area contributed by atoms with Crippen LogP contribution < -0.4 is 0 Å². The van der Waals surface area contributed by atoms with Crippen molar-refractivity contribution in [2.75, 3.05) is 13.1 Å². The van der Waals surface area contributed by atoms with Gasteiger partial charge in [-0.3, -0.25) is 4.79 Å². The highest BCUT2D eigenvalue weighted by Gasteiger charge is 2.18. The van der Waals surface area contributed by atoms with Gasteiger partial charge in [0.1, 0.15) is 0 Å². The zero-order valence-corrected chi connectivity index (χ0v) is 12.2. The Labute approximate surface area is 121 Å². The fraction of sp³-hybridized carbons (Fsp3) is 0.267. The minimum atomic E-state index is 0.240. The summed E-state index contributed by atoms with van der Waals surface area (Å²) in [5.41, 5.74) is 1.38. The molecular formula is C15H15NOS2. The second-order valence-electron chi connectivity index (χ2n) is 4.55. The van der Waals surface area contributed by atoms with Gasteiger partial charge in [-0.1, -0.05) is 18.2 Å². The molecule has 2 aromatic heterocycles. The highest BCUT2D eigenvalue weighted by atomic mass is 32.1. The summed E-state index contributed by atoms with van der Waals surface area (Å²) in [7, 11) is 0. The van der Waals surface area contributed by atoms with Crippen molar-refractivity contribution in [3.63, 3.8) is 0 Å². The van der Waals surface area contributed by atoms with E-state index in [0.717, 1.165) is 24.4 Å². The molecule has 4 heteroatoms. The van der Waals surface area contributed by atoms with Crippen molar-refractivity contribution in [2.45, 2.75) is 12.8 Å². The summed E-state index contributed by atoms with van der Waals surface area (Å²) in [5.74, 6) is 0.240. The van der Waals surface area contributed by atoms with Gasteiger partial charge in [-0.05, 0) is 34.9 Å². The molecule has 3 heterocycles. The average Bonchev–Trinajstić information content (AvgIpc) is 3.12. The molecule has 0 spiro atoms. The van der Waals surface area contributed by atoms with Gasteiger partial charge in [0.25, 0.3) is 0 Å². The van der Waals surface area contributed by atoms with Gasteiger partial charge >= 0.3 is 0 Å². The summed E-state index contributed by atoms with van der Waals surface area (Å²) in [6.07, 6.45) is 3.71. The van der Waals surface area contributed by atoms with Crippen LogP contribution in [0.4, 0.5) is 0 Å². The lowest BCUT2D eigenvalue weighted by Gasteiger charge is -2.26. The fourth-order valence-electron chi connectivity index (χ4n) is 2.25. The largest absolute Gasteiger partial charge is 0.338 e. The summed E-state index contributed by atoms with van der Waals surface area (Å²) in [5, 5.41) is 4.12. The molecule has 1 aliphatic heterocycles. The van der Waals surface area contributed by atoms with E-state index in [1.165, 1.54) is 10.5 Å². The van der Waals surface area contributed by atoms with Crippen molar-refractivity contribution in [3.8, 4) is 0 Å². The van der Waals surface area contributed by atoms with E-state index in [2.05, 4.69) is 23.6 Å². The third-order valence-corrected chi connectivity index (χ3v) is 5.13. The lowest BCUT2D eigenvalue weighted by Crippen LogP contribution is -2.35. The second-order valence-corrected chi connectivity index (χ2v) is 6.53. The van der Waals surface area contributed by atoms with Crippen molar-refractivity contribution in [2.24, 2.45) is 0 Å². The average molecular weight is 289 g/mol. The third kappa shape index (κ3) is 2.96. The molecular weight excluding hydrogens is 274 g/mol. The van der Waals surface area contributed by atoms with E-state index in [-0.39, 0.29) is 5.91 Å². The van der Waals surface area contributed by atoms with Crippen molar-refractivity contribution in [3.05, 3.63) is 50.9 Å². The first-order valence-electron chi connectivity index (χ1n) is 6.36. The van der Waals surface area contributed by atoms with Gasteiger partial charge in [0.05, 0.1) is 6.42 Å². The molecule has 1 aliphatic rings. The molecule has 19 heavy (non-hydrogen) atoms. The topological polar surface area (TPSA) is 20.3 Å². The first kappa shape index (κ1) is 12.6. The first-order chi connectivity index (χ1) is 9.33. The number of thiophene rings is 2. The number of carbonyl (C=O) groups excluding carboxylic acids is 1. The Bertz CT molecular complexity index is 569. The van der Waals surface area contributed by atoms with Gasteiger partial charge in [0, 0.05) is 22.8 Å². The van der Waals surface area contributed by atoms with Gasteiger partial charge in [0.15, 0.2) is 0 Å². The number of nitrogens with zero attached hydrogens (tertiary/aromatic N) is 1. The van der Waals surface area contributed by atoms with E-state index < -0.39 is 0 Å². The monoisotopic (exact) mass is 289 g/mol. The Morgan fingerprint density at radius 2 is 2.05 bits per heavy atom. The number of hydrogen-bond donors (Lipinski definition) is 0. The molecule has 0 aliphatic carbocycles. The Kier molecular flexibility index (Phi) is 3.80. The quantitative estimate of drug-likeness (QED) is 0.844. The van der Waals surface area contributed by atoms with Crippen LogP contribution in [0.25, 0.3) is 5.57 Å². The van der Waals surface area contributed by atoms with E-state index in [4.69, 9.17) is 0 Å². The predicted molar refractivity (Wildman–Crippen MR) is 81.5 cm³/mol. The number of rotatable bonds is 3. The van der Waals surface area contributed by atoms with Crippen LogP contribution in [-0.2, 0) is 11.2 Å². The van der Waals surface area contributed by atoms with Crippen molar-refractivity contribution in [1.29, 1.82) is 0 Å². The summed E-state index contributed by atoms with van der Waals surface area (Å²) in [6, 6.07) is 8.26. The maximum atomic E-state index is 12.2. The van der Waals surface area contributed by atoms with Crippen LogP contribution in [-0.4, -0.2) is 23.9 Å². The second kappa shape index (κ2) is 5.72. The minimum Gasteiger partial charge on any atom is -0.338 e. The molecule has 0 bridgehead atoms. The zero-order valence-electron chi connectivity index (χ0n) is 10.5. The maximum absolute atomic E-state index is 12.2. The predicted octanol–water partition coefficient (Wildman–Crippen LogP) is 3.67. The van der Waals surface area contributed by atoms with E-state index in [1.54, 1.807) is 22.7 Å². The van der Waals surface area contributed by atoms with E-state index in [0.29, 0.717) is 6.42 Å². The van der Waals surface area contributed by atoms with Gasteiger partial charge < -0.3 is 4.90 Å². The van der Waals surface area contributed by atoms with Crippen LogP contribution in [0.15, 0.2) is 41.1 Å². The molecule has 0 aromatic carbocycles. The van der Waals surface area contributed by atoms with E-state index in [9.17, 15) is 4.79 Å². The lowest BCUT2D eigenvalue weighted by molar-refractivity contribution is -0.130. The van der Waals surface area contributed by atoms with Crippen molar-refractivity contribution in [1.82, 2.24) is 4.90 Å². The smallest absolute Gasteiger partial charge is 0.228 e. The summed E-state index contributed by atoms with van der Waals surface area (Å²) < 4.78 is 0. The Balaban J connectivity index is 1.62. The summed E-state index contributed by atoms with van der Waals surface area (Å²) in [6.45, 7) is 1.59. The van der Waals surface area contributed by atoms with Crippen LogP contribution in [0, 0.1) is 0 Å². The van der Waals surface area contributed by atoms with Crippen LogP contribution >= 0.6 is 22.7 Å². The molecule has 1 amide bonds. The third-order valence-electron chi connectivity index (χ3n) is 3.31.